The molecule has 1 unspecified atom stereocenters. The van der Waals surface area contributed by atoms with Gasteiger partial charge in [-0.25, -0.2) is 0 Å². The third-order valence-corrected chi connectivity index (χ3v) is 3.16. The van der Waals surface area contributed by atoms with Crippen molar-refractivity contribution < 1.29 is 9.53 Å². The molecule has 4 heteroatoms. The molecule has 0 fully saturated rings. The number of rotatable bonds is 8. The van der Waals surface area contributed by atoms with Crippen molar-refractivity contribution in [2.45, 2.75) is 45.7 Å². The topological polar surface area (TPSA) is 55.6 Å². The van der Waals surface area contributed by atoms with E-state index in [2.05, 4.69) is 0 Å². The van der Waals surface area contributed by atoms with Crippen LogP contribution >= 0.6 is 0 Å². The largest absolute Gasteiger partial charge is 0.494 e. The monoisotopic (exact) mass is 278 g/mol. The van der Waals surface area contributed by atoms with Crippen LogP contribution in [0.2, 0.25) is 0 Å². The van der Waals surface area contributed by atoms with Crippen molar-refractivity contribution in [2.75, 3.05) is 13.7 Å². The second kappa shape index (κ2) is 8.59. The zero-order valence-corrected chi connectivity index (χ0v) is 12.8. The van der Waals surface area contributed by atoms with Gasteiger partial charge in [-0.2, -0.15) is 0 Å². The van der Waals surface area contributed by atoms with E-state index in [1.807, 2.05) is 45.2 Å². The number of hydrogen-bond donors (Lipinski definition) is 1. The molecule has 1 aromatic rings. The first-order valence-electron chi connectivity index (χ1n) is 7.24. The highest BCUT2D eigenvalue weighted by atomic mass is 16.5. The number of benzene rings is 1. The summed E-state index contributed by atoms with van der Waals surface area (Å²) in [5, 5.41) is 0. The minimum Gasteiger partial charge on any atom is -0.494 e. The summed E-state index contributed by atoms with van der Waals surface area (Å²) >= 11 is 0. The summed E-state index contributed by atoms with van der Waals surface area (Å²) in [7, 11) is 1.83. The van der Waals surface area contributed by atoms with Gasteiger partial charge in [0.05, 0.1) is 6.61 Å². The molecule has 0 spiro atoms. The Morgan fingerprint density at radius 1 is 1.40 bits per heavy atom. The molecule has 0 saturated carbocycles. The summed E-state index contributed by atoms with van der Waals surface area (Å²) < 4.78 is 5.58. The number of nitrogens with two attached hydrogens (primary N) is 1. The van der Waals surface area contributed by atoms with Gasteiger partial charge in [0.15, 0.2) is 0 Å². The molecule has 4 nitrogen and oxygen atoms in total. The second-order valence-corrected chi connectivity index (χ2v) is 5.16. The highest BCUT2D eigenvalue weighted by molar-refractivity contribution is 5.75. The number of nitrogens with zero attached hydrogens (tertiary/aromatic N) is 1. The molecule has 0 aliphatic carbocycles. The number of carbonyl (C=O) groups excluding carboxylic acids is 1. The maximum absolute atomic E-state index is 12.0. The van der Waals surface area contributed by atoms with E-state index in [9.17, 15) is 4.79 Å². The molecule has 112 valence electrons. The van der Waals surface area contributed by atoms with Crippen molar-refractivity contribution in [3.63, 3.8) is 0 Å². The summed E-state index contributed by atoms with van der Waals surface area (Å²) in [6.45, 7) is 5.13. The maximum atomic E-state index is 12.0. The molecule has 0 saturated heterocycles. The van der Waals surface area contributed by atoms with Gasteiger partial charge in [-0.15, -0.1) is 0 Å². The number of ether oxygens (including phenoxy) is 1. The SMILES string of the molecule is CCOc1ccccc1CN(C)C(=O)CCCC(C)N. The Morgan fingerprint density at radius 3 is 2.75 bits per heavy atom. The second-order valence-electron chi connectivity index (χ2n) is 5.16. The lowest BCUT2D eigenvalue weighted by molar-refractivity contribution is -0.130. The Kier molecular flexibility index (Phi) is 7.09. The van der Waals surface area contributed by atoms with Crippen LogP contribution in [-0.2, 0) is 11.3 Å². The molecule has 0 radical (unpaired) electrons. The average molecular weight is 278 g/mol. The van der Waals surface area contributed by atoms with Gasteiger partial charge in [-0.1, -0.05) is 18.2 Å². The van der Waals surface area contributed by atoms with Crippen LogP contribution < -0.4 is 10.5 Å². The first-order valence-corrected chi connectivity index (χ1v) is 7.24. The number of hydrogen-bond acceptors (Lipinski definition) is 3. The lowest BCUT2D eigenvalue weighted by atomic mass is 10.1. The van der Waals surface area contributed by atoms with E-state index in [0.717, 1.165) is 24.2 Å². The van der Waals surface area contributed by atoms with Gasteiger partial charge in [-0.3, -0.25) is 4.79 Å². The van der Waals surface area contributed by atoms with E-state index in [0.29, 0.717) is 19.6 Å². The lowest BCUT2D eigenvalue weighted by Gasteiger charge is -2.19. The van der Waals surface area contributed by atoms with Gasteiger partial charge in [-0.05, 0) is 32.8 Å². The molecular weight excluding hydrogens is 252 g/mol. The third kappa shape index (κ3) is 5.61. The van der Waals surface area contributed by atoms with Crippen LogP contribution in [0.4, 0.5) is 0 Å². The molecule has 20 heavy (non-hydrogen) atoms. The Bertz CT molecular complexity index is 419. The molecule has 2 N–H and O–H groups in total. The highest BCUT2D eigenvalue weighted by Crippen LogP contribution is 2.19. The van der Waals surface area contributed by atoms with Gasteiger partial charge in [0.25, 0.3) is 0 Å². The van der Waals surface area contributed by atoms with E-state index >= 15 is 0 Å². The predicted octanol–water partition coefficient (Wildman–Crippen LogP) is 2.56. The van der Waals surface area contributed by atoms with Crippen molar-refractivity contribution >= 4 is 5.91 Å². The molecule has 1 amide bonds. The van der Waals surface area contributed by atoms with Crippen LogP contribution in [0.25, 0.3) is 0 Å². The van der Waals surface area contributed by atoms with Crippen LogP contribution in [0.3, 0.4) is 0 Å². The summed E-state index contributed by atoms with van der Waals surface area (Å²) in [5.41, 5.74) is 6.73. The Morgan fingerprint density at radius 2 is 2.10 bits per heavy atom. The number of carbonyl (C=O) groups is 1. The lowest BCUT2D eigenvalue weighted by Crippen LogP contribution is -2.26. The van der Waals surface area contributed by atoms with Crippen molar-refractivity contribution in [2.24, 2.45) is 5.73 Å². The van der Waals surface area contributed by atoms with Gasteiger partial charge in [0.1, 0.15) is 5.75 Å². The Balaban J connectivity index is 2.52. The summed E-state index contributed by atoms with van der Waals surface area (Å²) in [6, 6.07) is 8.00. The molecular formula is C16H26N2O2. The third-order valence-electron chi connectivity index (χ3n) is 3.16. The molecule has 0 aliphatic rings. The minimum absolute atomic E-state index is 0.150. The van der Waals surface area contributed by atoms with E-state index < -0.39 is 0 Å². The van der Waals surface area contributed by atoms with Crippen LogP contribution in [0.15, 0.2) is 24.3 Å². The minimum atomic E-state index is 0.150. The quantitative estimate of drug-likeness (QED) is 0.795. The average Bonchev–Trinajstić information content (AvgIpc) is 2.40. The van der Waals surface area contributed by atoms with Gasteiger partial charge < -0.3 is 15.4 Å². The van der Waals surface area contributed by atoms with E-state index in [-0.39, 0.29) is 11.9 Å². The molecule has 0 aliphatic heterocycles. The van der Waals surface area contributed by atoms with Crippen molar-refractivity contribution in [3.8, 4) is 5.75 Å². The standard InChI is InChI=1S/C16H26N2O2/c1-4-20-15-10-6-5-9-14(15)12-18(3)16(19)11-7-8-13(2)17/h5-6,9-10,13H,4,7-8,11-12,17H2,1-3H3. The first kappa shape index (κ1) is 16.5. The highest BCUT2D eigenvalue weighted by Gasteiger charge is 2.12. The molecule has 0 bridgehead atoms. The normalized spacial score (nSPS) is 12.0. The number of para-hydroxylation sites is 1. The fraction of sp³-hybridized carbons (Fsp3) is 0.562. The van der Waals surface area contributed by atoms with Crippen LogP contribution in [0.5, 0.6) is 5.75 Å². The first-order chi connectivity index (χ1) is 9.54. The van der Waals surface area contributed by atoms with Crippen LogP contribution in [-0.4, -0.2) is 30.5 Å². The molecule has 1 aromatic carbocycles. The molecule has 0 aromatic heterocycles. The predicted molar refractivity (Wildman–Crippen MR) is 81.6 cm³/mol. The van der Waals surface area contributed by atoms with Crippen molar-refractivity contribution in [1.29, 1.82) is 0 Å². The van der Waals surface area contributed by atoms with E-state index in [4.69, 9.17) is 10.5 Å². The van der Waals surface area contributed by atoms with Gasteiger partial charge in [0.2, 0.25) is 5.91 Å². The van der Waals surface area contributed by atoms with Crippen LogP contribution in [0, 0.1) is 0 Å². The molecule has 1 atom stereocenters. The smallest absolute Gasteiger partial charge is 0.222 e. The number of amides is 1. The zero-order chi connectivity index (χ0) is 15.0. The van der Waals surface area contributed by atoms with Crippen molar-refractivity contribution in [3.05, 3.63) is 29.8 Å². The van der Waals surface area contributed by atoms with Crippen molar-refractivity contribution in [1.82, 2.24) is 4.90 Å². The van der Waals surface area contributed by atoms with Gasteiger partial charge >= 0.3 is 0 Å². The Labute approximate surface area is 121 Å². The summed E-state index contributed by atoms with van der Waals surface area (Å²) in [5.74, 6) is 1.00. The van der Waals surface area contributed by atoms with Gasteiger partial charge in [0, 0.05) is 31.6 Å². The fourth-order valence-electron chi connectivity index (χ4n) is 2.04. The molecule has 0 heterocycles. The fourth-order valence-corrected chi connectivity index (χ4v) is 2.04. The maximum Gasteiger partial charge on any atom is 0.222 e. The summed E-state index contributed by atoms with van der Waals surface area (Å²) in [4.78, 5) is 13.8. The molecule has 1 rings (SSSR count). The van der Waals surface area contributed by atoms with Crippen LogP contribution in [0.1, 0.15) is 38.7 Å². The summed E-state index contributed by atoms with van der Waals surface area (Å²) in [6.07, 6.45) is 2.28. The Hall–Kier alpha value is -1.55. The van der Waals surface area contributed by atoms with E-state index in [1.165, 1.54) is 0 Å². The van der Waals surface area contributed by atoms with E-state index in [1.54, 1.807) is 4.90 Å². The zero-order valence-electron chi connectivity index (χ0n) is 12.8.